The number of benzene rings is 2. The molecule has 0 aliphatic carbocycles. The summed E-state index contributed by atoms with van der Waals surface area (Å²) in [7, 11) is 1.58. The molecule has 0 saturated carbocycles. The Bertz CT molecular complexity index is 1270. The van der Waals surface area contributed by atoms with Crippen LogP contribution in [0.2, 0.25) is 0 Å². The van der Waals surface area contributed by atoms with Crippen LogP contribution in [0, 0.1) is 6.92 Å². The van der Waals surface area contributed by atoms with E-state index in [0.717, 1.165) is 5.56 Å². The van der Waals surface area contributed by atoms with Gasteiger partial charge in [-0.15, -0.1) is 11.8 Å². The summed E-state index contributed by atoms with van der Waals surface area (Å²) in [5.74, 6) is 2.47. The van der Waals surface area contributed by atoms with Crippen LogP contribution in [0.4, 0.5) is 23.4 Å². The molecule has 2 aromatic carbocycles. The number of amides is 1. The van der Waals surface area contributed by atoms with Crippen LogP contribution in [-0.4, -0.2) is 33.1 Å². The van der Waals surface area contributed by atoms with E-state index in [1.807, 2.05) is 54.6 Å². The third kappa shape index (κ3) is 5.81. The number of aryl methyl sites for hydroxylation is 1. The molecule has 0 fully saturated rings. The van der Waals surface area contributed by atoms with Gasteiger partial charge in [0.1, 0.15) is 22.6 Å². The van der Waals surface area contributed by atoms with Crippen LogP contribution < -0.4 is 21.1 Å². The SMILES string of the molecule is COc1ccccc1Nc1nc(N)nc(CSC(C(=O)Nc2cc(C)on2)c2ccccc2)n1. The number of nitrogens with zero attached hydrogens (tertiary/aromatic N) is 4. The lowest BCUT2D eigenvalue weighted by Gasteiger charge is -2.16. The molecule has 1 atom stereocenters. The van der Waals surface area contributed by atoms with E-state index >= 15 is 0 Å². The van der Waals surface area contributed by atoms with Gasteiger partial charge in [0, 0.05) is 6.07 Å². The van der Waals surface area contributed by atoms with Crippen LogP contribution in [0.3, 0.4) is 0 Å². The van der Waals surface area contributed by atoms with E-state index in [9.17, 15) is 4.79 Å². The van der Waals surface area contributed by atoms with Crippen molar-refractivity contribution in [2.75, 3.05) is 23.5 Å². The number of nitrogen functional groups attached to an aromatic ring is 1. The first-order valence-electron chi connectivity index (χ1n) is 10.3. The number of ether oxygens (including phenoxy) is 1. The van der Waals surface area contributed by atoms with Crippen LogP contribution in [0.1, 0.15) is 22.4 Å². The minimum absolute atomic E-state index is 0.0711. The van der Waals surface area contributed by atoms with E-state index < -0.39 is 5.25 Å². The average Bonchev–Trinajstić information content (AvgIpc) is 3.24. The molecular weight excluding hydrogens is 454 g/mol. The Kier molecular flexibility index (Phi) is 7.23. The van der Waals surface area contributed by atoms with Gasteiger partial charge >= 0.3 is 0 Å². The maximum atomic E-state index is 13.1. The van der Waals surface area contributed by atoms with Gasteiger partial charge in [-0.05, 0) is 24.6 Å². The summed E-state index contributed by atoms with van der Waals surface area (Å²) < 4.78 is 10.4. The average molecular weight is 478 g/mol. The number of methoxy groups -OCH3 is 1. The van der Waals surface area contributed by atoms with Crippen molar-refractivity contribution in [2.45, 2.75) is 17.9 Å². The quantitative estimate of drug-likeness (QED) is 0.322. The number of carbonyl (C=O) groups is 1. The van der Waals surface area contributed by atoms with Crippen LogP contribution >= 0.6 is 11.8 Å². The second-order valence-electron chi connectivity index (χ2n) is 7.17. The van der Waals surface area contributed by atoms with E-state index in [-0.39, 0.29) is 17.8 Å². The van der Waals surface area contributed by atoms with Gasteiger partial charge in [-0.1, -0.05) is 47.6 Å². The lowest BCUT2D eigenvalue weighted by Crippen LogP contribution is -2.19. The van der Waals surface area contributed by atoms with Crippen LogP contribution in [0.5, 0.6) is 5.75 Å². The highest BCUT2D eigenvalue weighted by atomic mass is 32.2. The number of para-hydroxylation sites is 2. The monoisotopic (exact) mass is 477 g/mol. The standard InChI is InChI=1S/C23H23N7O3S/c1-14-12-18(30-33-14)26-21(31)20(15-8-4-3-5-9-15)34-13-19-27-22(24)29-23(28-19)25-16-10-6-7-11-17(16)32-2/h3-12,20H,13H2,1-2H3,(H,26,30,31)(H3,24,25,27,28,29). The molecule has 4 rings (SSSR count). The minimum Gasteiger partial charge on any atom is -0.495 e. The Morgan fingerprint density at radius 3 is 2.62 bits per heavy atom. The number of anilines is 4. The van der Waals surface area contributed by atoms with Gasteiger partial charge < -0.3 is 25.6 Å². The number of aromatic nitrogens is 4. The van der Waals surface area contributed by atoms with E-state index in [4.69, 9.17) is 15.0 Å². The zero-order valence-corrected chi connectivity index (χ0v) is 19.4. The molecule has 0 saturated heterocycles. The summed E-state index contributed by atoms with van der Waals surface area (Å²) in [5, 5.41) is 9.21. The summed E-state index contributed by atoms with van der Waals surface area (Å²) in [6.07, 6.45) is 0. The van der Waals surface area contributed by atoms with Gasteiger partial charge in [0.15, 0.2) is 5.82 Å². The Morgan fingerprint density at radius 1 is 1.12 bits per heavy atom. The minimum atomic E-state index is -0.540. The molecule has 0 aliphatic rings. The van der Waals surface area contributed by atoms with Crippen molar-refractivity contribution in [1.82, 2.24) is 20.1 Å². The molecule has 0 bridgehead atoms. The number of rotatable bonds is 9. The summed E-state index contributed by atoms with van der Waals surface area (Å²) in [5.41, 5.74) is 7.45. The summed E-state index contributed by atoms with van der Waals surface area (Å²) >= 11 is 1.36. The molecule has 0 aliphatic heterocycles. The van der Waals surface area contributed by atoms with Gasteiger partial charge in [0.05, 0.1) is 18.6 Å². The maximum absolute atomic E-state index is 13.1. The second kappa shape index (κ2) is 10.7. The van der Waals surface area contributed by atoms with Crippen LogP contribution in [-0.2, 0) is 10.5 Å². The number of hydrogen-bond donors (Lipinski definition) is 3. The molecule has 34 heavy (non-hydrogen) atoms. The molecular formula is C23H23N7O3S. The summed E-state index contributed by atoms with van der Waals surface area (Å²) in [6, 6.07) is 18.5. The van der Waals surface area contributed by atoms with Gasteiger partial charge in [0.25, 0.3) is 0 Å². The molecule has 4 N–H and O–H groups in total. The highest BCUT2D eigenvalue weighted by Crippen LogP contribution is 2.33. The molecule has 1 unspecified atom stereocenters. The zero-order valence-electron chi connectivity index (χ0n) is 18.6. The van der Waals surface area contributed by atoms with Crippen molar-refractivity contribution in [3.63, 3.8) is 0 Å². The first-order valence-corrected chi connectivity index (χ1v) is 11.4. The largest absolute Gasteiger partial charge is 0.495 e. The van der Waals surface area contributed by atoms with E-state index in [2.05, 4.69) is 30.7 Å². The van der Waals surface area contributed by atoms with E-state index in [1.54, 1.807) is 20.1 Å². The number of carbonyl (C=O) groups excluding carboxylic acids is 1. The molecule has 4 aromatic rings. The van der Waals surface area contributed by atoms with Crippen molar-refractivity contribution < 1.29 is 14.1 Å². The van der Waals surface area contributed by atoms with Crippen LogP contribution in [0.15, 0.2) is 65.2 Å². The highest BCUT2D eigenvalue weighted by Gasteiger charge is 2.23. The lowest BCUT2D eigenvalue weighted by molar-refractivity contribution is -0.115. The number of hydrogen-bond acceptors (Lipinski definition) is 10. The summed E-state index contributed by atoms with van der Waals surface area (Å²) in [4.78, 5) is 25.9. The Morgan fingerprint density at radius 2 is 1.88 bits per heavy atom. The topological polar surface area (TPSA) is 141 Å². The van der Waals surface area contributed by atoms with Gasteiger partial charge in [-0.25, -0.2) is 0 Å². The molecule has 2 aromatic heterocycles. The van der Waals surface area contributed by atoms with E-state index in [0.29, 0.717) is 34.6 Å². The molecule has 0 radical (unpaired) electrons. The molecule has 2 heterocycles. The second-order valence-corrected chi connectivity index (χ2v) is 8.27. The summed E-state index contributed by atoms with van der Waals surface area (Å²) in [6.45, 7) is 1.76. The predicted octanol–water partition coefficient (Wildman–Crippen LogP) is 4.12. The van der Waals surface area contributed by atoms with Gasteiger partial charge in [-0.3, -0.25) is 4.79 Å². The fourth-order valence-corrected chi connectivity index (χ4v) is 4.16. The van der Waals surface area contributed by atoms with Crippen molar-refractivity contribution in [1.29, 1.82) is 0 Å². The van der Waals surface area contributed by atoms with Crippen LogP contribution in [0.25, 0.3) is 0 Å². The van der Waals surface area contributed by atoms with Gasteiger partial charge in [0.2, 0.25) is 17.8 Å². The predicted molar refractivity (Wildman–Crippen MR) is 131 cm³/mol. The Hall–Kier alpha value is -4.12. The smallest absolute Gasteiger partial charge is 0.243 e. The first-order chi connectivity index (χ1) is 16.5. The fourth-order valence-electron chi connectivity index (χ4n) is 3.15. The third-order valence-electron chi connectivity index (χ3n) is 4.65. The zero-order chi connectivity index (χ0) is 23.9. The molecule has 11 heteroatoms. The van der Waals surface area contributed by atoms with Gasteiger partial charge in [-0.2, -0.15) is 15.0 Å². The maximum Gasteiger partial charge on any atom is 0.243 e. The highest BCUT2D eigenvalue weighted by molar-refractivity contribution is 7.99. The van der Waals surface area contributed by atoms with Crippen molar-refractivity contribution in [3.05, 3.63) is 77.8 Å². The number of nitrogens with two attached hydrogens (primary N) is 1. The molecule has 1 amide bonds. The Labute approximate surface area is 200 Å². The Balaban J connectivity index is 1.52. The first kappa shape index (κ1) is 23.1. The fraction of sp³-hybridized carbons (Fsp3) is 0.174. The van der Waals surface area contributed by atoms with Crippen molar-refractivity contribution in [2.24, 2.45) is 0 Å². The molecule has 10 nitrogen and oxygen atoms in total. The molecule has 0 spiro atoms. The molecule has 174 valence electrons. The third-order valence-corrected chi connectivity index (χ3v) is 5.90. The number of thioether (sulfide) groups is 1. The number of nitrogens with one attached hydrogen (secondary N) is 2. The van der Waals surface area contributed by atoms with E-state index in [1.165, 1.54) is 11.8 Å². The van der Waals surface area contributed by atoms with Crippen molar-refractivity contribution >= 4 is 41.1 Å². The van der Waals surface area contributed by atoms with Crippen molar-refractivity contribution in [3.8, 4) is 5.75 Å². The normalized spacial score (nSPS) is 11.6. The lowest BCUT2D eigenvalue weighted by atomic mass is 10.1.